The number of carbonyl (C=O) groups is 2. The van der Waals surface area contributed by atoms with Crippen molar-refractivity contribution in [1.29, 1.82) is 0 Å². The molecule has 1 aliphatic heterocycles. The highest BCUT2D eigenvalue weighted by molar-refractivity contribution is 14.1. The average molecular weight is 435 g/mol. The first-order valence-electron chi connectivity index (χ1n) is 7.37. The van der Waals surface area contributed by atoms with Crippen LogP contribution in [0.1, 0.15) is 12.5 Å². The second kappa shape index (κ2) is 8.10. The van der Waals surface area contributed by atoms with Crippen LogP contribution in [0.4, 0.5) is 5.69 Å². The number of benzene rings is 1. The van der Waals surface area contributed by atoms with Crippen molar-refractivity contribution in [1.82, 2.24) is 0 Å². The van der Waals surface area contributed by atoms with E-state index in [2.05, 4.69) is 29.2 Å². The minimum absolute atomic E-state index is 0.174. The molecule has 0 bridgehead atoms. The Balaban J connectivity index is 2.56. The number of halogens is 1. The lowest BCUT2D eigenvalue weighted by atomic mass is 10.1. The molecule has 5 heteroatoms. The molecule has 0 fully saturated rings. The number of allylic oxidation sites excluding steroid dienone is 2. The second-order valence-corrected chi connectivity index (χ2v) is 6.05. The first kappa shape index (κ1) is 18.2. The van der Waals surface area contributed by atoms with Crippen LogP contribution in [-0.2, 0) is 9.59 Å². The summed E-state index contributed by atoms with van der Waals surface area (Å²) in [5.41, 5.74) is 2.48. The largest absolute Gasteiger partial charge is 0.455 e. The minimum Gasteiger partial charge on any atom is -0.455 e. The van der Waals surface area contributed by atoms with Crippen LogP contribution in [-0.4, -0.2) is 18.2 Å². The lowest BCUT2D eigenvalue weighted by Gasteiger charge is -2.21. The van der Waals surface area contributed by atoms with Gasteiger partial charge < -0.3 is 9.64 Å². The number of hydrogen-bond donors (Lipinski definition) is 0. The van der Waals surface area contributed by atoms with Gasteiger partial charge in [0.1, 0.15) is 5.76 Å². The normalized spacial score (nSPS) is 14.5. The number of anilines is 1. The van der Waals surface area contributed by atoms with Gasteiger partial charge in [-0.25, -0.2) is 0 Å². The minimum atomic E-state index is -0.278. The van der Waals surface area contributed by atoms with E-state index >= 15 is 0 Å². The number of nitrogens with zero attached hydrogens (tertiary/aromatic N) is 1. The van der Waals surface area contributed by atoms with Crippen LogP contribution in [0.15, 0.2) is 64.5 Å². The van der Waals surface area contributed by atoms with Crippen LogP contribution in [0.2, 0.25) is 0 Å². The second-order valence-electron chi connectivity index (χ2n) is 5.33. The van der Waals surface area contributed by atoms with Crippen molar-refractivity contribution in [2.45, 2.75) is 13.8 Å². The number of rotatable bonds is 4. The van der Waals surface area contributed by atoms with Crippen LogP contribution < -0.4 is 9.64 Å². The summed E-state index contributed by atoms with van der Waals surface area (Å²) in [5, 5.41) is 0. The van der Waals surface area contributed by atoms with Crippen molar-refractivity contribution >= 4 is 40.0 Å². The molecule has 0 saturated carbocycles. The standard InChI is InChI=1S/C19H18INO3/c1-4-15-12-21(19(23)8-6-14(3)22)16-11-13(2)5-7-18(16)24-17(15)9-10-20/h4-11H,1,12H2,2-3H3/b8-6+,10-9-. The smallest absolute Gasteiger partial charge is 0.251 e. The maximum atomic E-state index is 12.6. The van der Waals surface area contributed by atoms with Gasteiger partial charge in [-0.2, -0.15) is 0 Å². The summed E-state index contributed by atoms with van der Waals surface area (Å²) in [6, 6.07) is 5.66. The molecular formula is C19H18INO3. The highest BCUT2D eigenvalue weighted by Gasteiger charge is 2.24. The SMILES string of the molecule is C=CC1=C(/C=C\I)Oc2ccc(C)cc2N(C(=O)/C=C/C(C)=O)C1. The van der Waals surface area contributed by atoms with E-state index in [1.54, 1.807) is 11.0 Å². The Hall–Kier alpha value is -2.15. The zero-order valence-corrected chi connectivity index (χ0v) is 15.7. The Kier molecular flexibility index (Phi) is 6.14. The molecule has 4 nitrogen and oxygen atoms in total. The average Bonchev–Trinajstić information content (AvgIpc) is 2.69. The van der Waals surface area contributed by atoms with E-state index < -0.39 is 0 Å². The molecule has 124 valence electrons. The number of ketones is 1. The molecular weight excluding hydrogens is 417 g/mol. The Labute approximate surface area is 155 Å². The highest BCUT2D eigenvalue weighted by Crippen LogP contribution is 2.35. The van der Waals surface area contributed by atoms with E-state index in [1.165, 1.54) is 19.1 Å². The van der Waals surface area contributed by atoms with Gasteiger partial charge in [-0.05, 0) is 47.8 Å². The number of fused-ring (bicyclic) bond motifs is 1. The molecule has 1 aliphatic rings. The maximum absolute atomic E-state index is 12.6. The van der Waals surface area contributed by atoms with Crippen molar-refractivity contribution in [3.8, 4) is 5.75 Å². The third-order valence-corrected chi connectivity index (χ3v) is 3.82. The van der Waals surface area contributed by atoms with Gasteiger partial charge in [0.05, 0.1) is 12.2 Å². The summed E-state index contributed by atoms with van der Waals surface area (Å²) < 4.78 is 7.84. The predicted molar refractivity (Wildman–Crippen MR) is 104 cm³/mol. The van der Waals surface area contributed by atoms with Gasteiger partial charge in [0, 0.05) is 11.6 Å². The lowest BCUT2D eigenvalue weighted by Crippen LogP contribution is -2.30. The van der Waals surface area contributed by atoms with E-state index in [0.29, 0.717) is 23.7 Å². The van der Waals surface area contributed by atoms with E-state index in [0.717, 1.165) is 11.1 Å². The number of hydrogen-bond acceptors (Lipinski definition) is 3. The fourth-order valence-electron chi connectivity index (χ4n) is 2.28. The van der Waals surface area contributed by atoms with Gasteiger partial charge in [0.15, 0.2) is 11.5 Å². The highest BCUT2D eigenvalue weighted by atomic mass is 127. The predicted octanol–water partition coefficient (Wildman–Crippen LogP) is 4.25. The summed E-state index contributed by atoms with van der Waals surface area (Å²) in [6.07, 6.45) is 6.07. The molecule has 0 spiro atoms. The van der Waals surface area contributed by atoms with Gasteiger partial charge in [-0.1, -0.05) is 41.3 Å². The summed E-state index contributed by atoms with van der Waals surface area (Å²) >= 11 is 2.11. The summed E-state index contributed by atoms with van der Waals surface area (Å²) in [7, 11) is 0. The Morgan fingerprint density at radius 3 is 2.71 bits per heavy atom. The molecule has 1 heterocycles. The number of amides is 1. The molecule has 0 atom stereocenters. The summed E-state index contributed by atoms with van der Waals surface area (Å²) in [6.45, 7) is 7.50. The van der Waals surface area contributed by atoms with Crippen LogP contribution in [0.5, 0.6) is 5.75 Å². The van der Waals surface area contributed by atoms with Crippen LogP contribution >= 0.6 is 22.6 Å². The number of carbonyl (C=O) groups excluding carboxylic acids is 2. The van der Waals surface area contributed by atoms with Crippen LogP contribution in [0.3, 0.4) is 0 Å². The molecule has 0 saturated heterocycles. The van der Waals surface area contributed by atoms with Crippen LogP contribution in [0.25, 0.3) is 0 Å². The Bertz CT molecular complexity index is 775. The van der Waals surface area contributed by atoms with Crippen molar-refractivity contribution in [2.24, 2.45) is 0 Å². The summed E-state index contributed by atoms with van der Waals surface area (Å²) in [4.78, 5) is 25.3. The summed E-state index contributed by atoms with van der Waals surface area (Å²) in [5.74, 6) is 0.786. The zero-order valence-electron chi connectivity index (χ0n) is 13.6. The van der Waals surface area contributed by atoms with Gasteiger partial charge in [-0.3, -0.25) is 9.59 Å². The third-order valence-electron chi connectivity index (χ3n) is 3.46. The molecule has 1 amide bonds. The monoisotopic (exact) mass is 435 g/mol. The molecule has 0 N–H and O–H groups in total. The Morgan fingerprint density at radius 2 is 2.08 bits per heavy atom. The van der Waals surface area contributed by atoms with E-state index in [-0.39, 0.29) is 11.7 Å². The van der Waals surface area contributed by atoms with Gasteiger partial charge in [-0.15, -0.1) is 0 Å². The number of aryl methyl sites for hydroxylation is 1. The maximum Gasteiger partial charge on any atom is 0.251 e. The molecule has 0 aliphatic carbocycles. The van der Waals surface area contributed by atoms with Gasteiger partial charge >= 0.3 is 0 Å². The quantitative estimate of drug-likeness (QED) is 0.525. The topological polar surface area (TPSA) is 46.6 Å². The zero-order chi connectivity index (χ0) is 17.7. The molecule has 24 heavy (non-hydrogen) atoms. The van der Waals surface area contributed by atoms with E-state index in [4.69, 9.17) is 4.74 Å². The lowest BCUT2D eigenvalue weighted by molar-refractivity contribution is -0.115. The first-order chi connectivity index (χ1) is 11.5. The van der Waals surface area contributed by atoms with E-state index in [9.17, 15) is 9.59 Å². The van der Waals surface area contributed by atoms with Crippen molar-refractivity contribution in [3.05, 3.63) is 70.1 Å². The molecule has 1 aromatic carbocycles. The van der Waals surface area contributed by atoms with E-state index in [1.807, 2.05) is 35.3 Å². The molecule has 2 rings (SSSR count). The molecule has 0 aromatic heterocycles. The fraction of sp³-hybridized carbons (Fsp3) is 0.158. The first-order valence-corrected chi connectivity index (χ1v) is 8.61. The molecule has 0 radical (unpaired) electrons. The van der Waals surface area contributed by atoms with Gasteiger partial charge in [0.25, 0.3) is 5.91 Å². The fourth-order valence-corrected chi connectivity index (χ4v) is 2.61. The molecule has 0 unspecified atom stereocenters. The van der Waals surface area contributed by atoms with Crippen molar-refractivity contribution in [2.75, 3.05) is 11.4 Å². The molecule has 1 aromatic rings. The Morgan fingerprint density at radius 1 is 1.33 bits per heavy atom. The number of ether oxygens (including phenoxy) is 1. The van der Waals surface area contributed by atoms with Crippen LogP contribution in [0, 0.1) is 6.92 Å². The van der Waals surface area contributed by atoms with Crippen molar-refractivity contribution < 1.29 is 14.3 Å². The van der Waals surface area contributed by atoms with Crippen molar-refractivity contribution in [3.63, 3.8) is 0 Å². The van der Waals surface area contributed by atoms with Gasteiger partial charge in [0.2, 0.25) is 0 Å². The third kappa shape index (κ3) is 4.23.